The first-order valence-corrected chi connectivity index (χ1v) is 7.43. The van der Waals surface area contributed by atoms with E-state index < -0.39 is 0 Å². The first kappa shape index (κ1) is 15.6. The van der Waals surface area contributed by atoms with Gasteiger partial charge in [0.1, 0.15) is 17.8 Å². The molecule has 0 radical (unpaired) electrons. The minimum Gasteiger partial charge on any atom is -0.347 e. The second-order valence-corrected chi connectivity index (χ2v) is 4.94. The lowest BCUT2D eigenvalue weighted by atomic mass is 10.2. The Morgan fingerprint density at radius 3 is 3.08 bits per heavy atom. The van der Waals surface area contributed by atoms with Crippen molar-refractivity contribution in [3.05, 3.63) is 55.0 Å². The van der Waals surface area contributed by atoms with E-state index in [1.54, 1.807) is 35.2 Å². The number of pyridine rings is 1. The van der Waals surface area contributed by atoms with Crippen LogP contribution in [0.25, 0.3) is 17.3 Å². The summed E-state index contributed by atoms with van der Waals surface area (Å²) in [5.41, 5.74) is 1.05. The summed E-state index contributed by atoms with van der Waals surface area (Å²) in [5.74, 6) is 1.40. The summed E-state index contributed by atoms with van der Waals surface area (Å²) in [4.78, 5) is 24.6. The van der Waals surface area contributed by atoms with Crippen LogP contribution in [0.5, 0.6) is 0 Å². The van der Waals surface area contributed by atoms with Crippen LogP contribution in [0.2, 0.25) is 0 Å². The number of carbonyl (C=O) groups is 1. The average Bonchev–Trinajstić information content (AvgIpc) is 3.29. The van der Waals surface area contributed by atoms with Gasteiger partial charge in [0.25, 0.3) is 11.8 Å². The molecule has 8 heteroatoms. The third kappa shape index (κ3) is 3.22. The molecule has 3 aromatic rings. The molecular weight excluding hydrogens is 308 g/mol. The van der Waals surface area contributed by atoms with E-state index in [1.807, 2.05) is 6.92 Å². The van der Waals surface area contributed by atoms with Gasteiger partial charge in [0.05, 0.1) is 0 Å². The molecule has 3 aromatic heterocycles. The van der Waals surface area contributed by atoms with Gasteiger partial charge in [0.15, 0.2) is 5.82 Å². The monoisotopic (exact) mass is 324 g/mol. The van der Waals surface area contributed by atoms with Gasteiger partial charge in [-0.1, -0.05) is 18.2 Å². The van der Waals surface area contributed by atoms with Gasteiger partial charge in [-0.15, -0.1) is 6.58 Å². The quantitative estimate of drug-likeness (QED) is 0.694. The fourth-order valence-corrected chi connectivity index (χ4v) is 2.03. The molecule has 3 heterocycles. The fraction of sp³-hybridized carbons (Fsp3) is 0.188. The van der Waals surface area contributed by atoms with Gasteiger partial charge in [-0.25, -0.2) is 9.97 Å². The van der Waals surface area contributed by atoms with Crippen LogP contribution in [0.1, 0.15) is 23.2 Å². The first-order valence-electron chi connectivity index (χ1n) is 7.43. The zero-order valence-electron chi connectivity index (χ0n) is 13.1. The number of hydrogen-bond acceptors (Lipinski definition) is 6. The number of hydrogen-bond donors (Lipinski definition) is 1. The zero-order valence-corrected chi connectivity index (χ0v) is 13.1. The van der Waals surface area contributed by atoms with Crippen LogP contribution in [0.4, 0.5) is 0 Å². The fourth-order valence-electron chi connectivity index (χ4n) is 2.03. The third-order valence-corrected chi connectivity index (χ3v) is 3.26. The maximum absolute atomic E-state index is 11.9. The van der Waals surface area contributed by atoms with Crippen molar-refractivity contribution in [1.82, 2.24) is 30.0 Å². The summed E-state index contributed by atoms with van der Waals surface area (Å²) < 4.78 is 6.89. The summed E-state index contributed by atoms with van der Waals surface area (Å²) in [6, 6.07) is 3.57. The van der Waals surface area contributed by atoms with E-state index >= 15 is 0 Å². The van der Waals surface area contributed by atoms with Crippen molar-refractivity contribution in [2.24, 2.45) is 0 Å². The van der Waals surface area contributed by atoms with Gasteiger partial charge < -0.3 is 9.84 Å². The Labute approximate surface area is 138 Å². The number of carbonyl (C=O) groups excluding carboxylic acids is 1. The normalized spacial score (nSPS) is 10.5. The highest BCUT2D eigenvalue weighted by Crippen LogP contribution is 2.19. The van der Waals surface area contributed by atoms with E-state index in [-0.39, 0.29) is 5.91 Å². The summed E-state index contributed by atoms with van der Waals surface area (Å²) >= 11 is 0. The third-order valence-electron chi connectivity index (χ3n) is 3.26. The molecule has 0 atom stereocenters. The maximum atomic E-state index is 11.9. The highest BCUT2D eigenvalue weighted by Gasteiger charge is 2.12. The van der Waals surface area contributed by atoms with Crippen molar-refractivity contribution < 1.29 is 9.32 Å². The van der Waals surface area contributed by atoms with Gasteiger partial charge in [-0.2, -0.15) is 4.98 Å². The highest BCUT2D eigenvalue weighted by atomic mass is 16.5. The van der Waals surface area contributed by atoms with E-state index in [4.69, 9.17) is 4.52 Å². The van der Waals surface area contributed by atoms with E-state index in [0.29, 0.717) is 36.2 Å². The number of imidazole rings is 1. The lowest BCUT2D eigenvalue weighted by Crippen LogP contribution is -2.23. The zero-order chi connectivity index (χ0) is 16.9. The van der Waals surface area contributed by atoms with E-state index in [9.17, 15) is 4.79 Å². The molecule has 24 heavy (non-hydrogen) atoms. The molecule has 0 bridgehead atoms. The second kappa shape index (κ2) is 6.86. The molecule has 1 N–H and O–H groups in total. The van der Waals surface area contributed by atoms with Crippen molar-refractivity contribution in [3.63, 3.8) is 0 Å². The molecule has 3 rings (SSSR count). The number of amides is 1. The Kier molecular flexibility index (Phi) is 4.46. The Morgan fingerprint density at radius 2 is 2.33 bits per heavy atom. The predicted octanol–water partition coefficient (Wildman–Crippen LogP) is 1.80. The average molecular weight is 324 g/mol. The minimum atomic E-state index is -0.269. The molecule has 0 spiro atoms. The molecule has 1 amide bonds. The van der Waals surface area contributed by atoms with Crippen molar-refractivity contribution in [1.29, 1.82) is 0 Å². The van der Waals surface area contributed by atoms with Crippen LogP contribution in [0, 0.1) is 0 Å². The van der Waals surface area contributed by atoms with Gasteiger partial charge in [0, 0.05) is 30.9 Å². The van der Waals surface area contributed by atoms with Crippen LogP contribution in [0.3, 0.4) is 0 Å². The van der Waals surface area contributed by atoms with Crippen LogP contribution in [-0.4, -0.2) is 37.1 Å². The number of aryl methyl sites for hydroxylation is 1. The molecular formula is C16H16N6O2. The Hall–Kier alpha value is -3.29. The summed E-state index contributed by atoms with van der Waals surface area (Å²) in [6.07, 6.45) is 7.08. The molecule has 0 aromatic carbocycles. The number of nitrogens with zero attached hydrogens (tertiary/aromatic N) is 5. The molecule has 0 fully saturated rings. The van der Waals surface area contributed by atoms with Crippen LogP contribution < -0.4 is 5.32 Å². The lowest BCUT2D eigenvalue weighted by molar-refractivity contribution is 0.0953. The molecule has 8 nitrogen and oxygen atoms in total. The Bertz CT molecular complexity index is 867. The summed E-state index contributed by atoms with van der Waals surface area (Å²) in [6.45, 7) is 5.90. The van der Waals surface area contributed by atoms with E-state index in [2.05, 4.69) is 32.0 Å². The second-order valence-electron chi connectivity index (χ2n) is 4.94. The minimum absolute atomic E-state index is 0.269. The van der Waals surface area contributed by atoms with Crippen molar-refractivity contribution in [2.75, 3.05) is 6.54 Å². The molecule has 0 saturated carbocycles. The largest absolute Gasteiger partial charge is 0.347 e. The first-order chi connectivity index (χ1) is 11.7. The molecule has 122 valence electrons. The maximum Gasteiger partial charge on any atom is 0.271 e. The van der Waals surface area contributed by atoms with Gasteiger partial charge in [-0.3, -0.25) is 9.36 Å². The van der Waals surface area contributed by atoms with Crippen molar-refractivity contribution >= 4 is 5.91 Å². The van der Waals surface area contributed by atoms with Gasteiger partial charge in [0.2, 0.25) is 0 Å². The molecule has 0 unspecified atom stereocenters. The molecule has 0 aliphatic rings. The Morgan fingerprint density at radius 1 is 1.46 bits per heavy atom. The standard InChI is InChI=1S/C16H16N6O2/c1-3-6-18-15(23)12-9-22(10-19-12)14-8-11(5-7-17-14)16-20-13(4-2)21-24-16/h3,5,7-10H,1,4,6H2,2H3,(H,18,23). The SMILES string of the molecule is C=CCNC(=O)c1cn(-c2cc(-c3nc(CC)no3)ccn2)cn1. The van der Waals surface area contributed by atoms with Gasteiger partial charge in [-0.05, 0) is 12.1 Å². The topological polar surface area (TPSA) is 98.7 Å². The van der Waals surface area contributed by atoms with Crippen LogP contribution in [0.15, 0.2) is 48.0 Å². The summed E-state index contributed by atoms with van der Waals surface area (Å²) in [5, 5.41) is 6.56. The van der Waals surface area contributed by atoms with Crippen molar-refractivity contribution in [2.45, 2.75) is 13.3 Å². The highest BCUT2D eigenvalue weighted by molar-refractivity contribution is 5.92. The van der Waals surface area contributed by atoms with E-state index in [1.165, 1.54) is 6.33 Å². The lowest BCUT2D eigenvalue weighted by Gasteiger charge is -2.02. The van der Waals surface area contributed by atoms with Crippen LogP contribution in [-0.2, 0) is 6.42 Å². The number of aromatic nitrogens is 5. The smallest absolute Gasteiger partial charge is 0.271 e. The van der Waals surface area contributed by atoms with E-state index in [0.717, 1.165) is 5.56 Å². The molecule has 0 aliphatic carbocycles. The van der Waals surface area contributed by atoms with Gasteiger partial charge >= 0.3 is 0 Å². The molecule has 0 saturated heterocycles. The predicted molar refractivity (Wildman–Crippen MR) is 86.6 cm³/mol. The Balaban J connectivity index is 1.85. The number of nitrogens with one attached hydrogen (secondary N) is 1. The molecule has 0 aliphatic heterocycles. The van der Waals surface area contributed by atoms with Crippen LogP contribution >= 0.6 is 0 Å². The van der Waals surface area contributed by atoms with Crippen molar-refractivity contribution in [3.8, 4) is 17.3 Å². The number of rotatable bonds is 6. The summed E-state index contributed by atoms with van der Waals surface area (Å²) in [7, 11) is 0.